The number of hydrogen-bond acceptors (Lipinski definition) is 5. The summed E-state index contributed by atoms with van der Waals surface area (Å²) in [6, 6.07) is 1.42. The van der Waals surface area contributed by atoms with Crippen LogP contribution in [0.4, 0.5) is 0 Å². The lowest BCUT2D eigenvalue weighted by Gasteiger charge is -2.22. The number of rotatable bonds is 7. The molecule has 0 spiro atoms. The van der Waals surface area contributed by atoms with Gasteiger partial charge in [0, 0.05) is 25.4 Å². The molecule has 21 heavy (non-hydrogen) atoms. The van der Waals surface area contributed by atoms with Crippen molar-refractivity contribution in [2.24, 2.45) is 5.92 Å². The van der Waals surface area contributed by atoms with E-state index in [9.17, 15) is 9.59 Å². The lowest BCUT2D eigenvalue weighted by molar-refractivity contribution is -0.133. The molecule has 0 saturated carbocycles. The SMILES string of the molecule is CC(CN1CCCC1)Cn1ccc(=O)nc1SCC(=O)O. The molecule has 1 aliphatic heterocycles. The maximum atomic E-state index is 11.4. The van der Waals surface area contributed by atoms with Gasteiger partial charge in [-0.1, -0.05) is 18.7 Å². The Morgan fingerprint density at radius 2 is 2.14 bits per heavy atom. The van der Waals surface area contributed by atoms with Gasteiger partial charge in [0.2, 0.25) is 0 Å². The summed E-state index contributed by atoms with van der Waals surface area (Å²) in [5.74, 6) is -0.567. The third-order valence-corrected chi connectivity index (χ3v) is 4.43. The van der Waals surface area contributed by atoms with Crippen LogP contribution in [0.3, 0.4) is 0 Å². The Labute approximate surface area is 128 Å². The molecule has 116 valence electrons. The molecule has 0 bridgehead atoms. The molecule has 1 saturated heterocycles. The molecule has 7 heteroatoms. The first-order valence-electron chi connectivity index (χ1n) is 7.19. The van der Waals surface area contributed by atoms with Crippen molar-refractivity contribution in [2.45, 2.75) is 31.5 Å². The van der Waals surface area contributed by atoms with Gasteiger partial charge >= 0.3 is 5.97 Å². The van der Waals surface area contributed by atoms with Crippen LogP contribution in [0.1, 0.15) is 19.8 Å². The van der Waals surface area contributed by atoms with E-state index in [0.29, 0.717) is 11.1 Å². The topological polar surface area (TPSA) is 75.4 Å². The molecule has 1 unspecified atom stereocenters. The Bertz CT molecular complexity index is 541. The summed E-state index contributed by atoms with van der Waals surface area (Å²) in [6.07, 6.45) is 4.25. The Kier molecular flexibility index (Phi) is 5.81. The summed E-state index contributed by atoms with van der Waals surface area (Å²) in [6.45, 7) is 6.25. The standard InChI is InChI=1S/C14H21N3O3S/c1-11(8-16-5-2-3-6-16)9-17-7-4-12(18)15-14(17)21-10-13(19)20/h4,7,11H,2-3,5-6,8-10H2,1H3,(H,19,20). The van der Waals surface area contributed by atoms with Crippen molar-refractivity contribution in [2.75, 3.05) is 25.4 Å². The summed E-state index contributed by atoms with van der Waals surface area (Å²) in [5.41, 5.74) is -0.327. The molecular formula is C14H21N3O3S. The predicted molar refractivity (Wildman–Crippen MR) is 81.7 cm³/mol. The molecule has 1 aromatic heterocycles. The maximum Gasteiger partial charge on any atom is 0.313 e. The minimum absolute atomic E-state index is 0.0863. The average molecular weight is 311 g/mol. The number of carboxylic acids is 1. The number of thioether (sulfide) groups is 1. The van der Waals surface area contributed by atoms with E-state index in [-0.39, 0.29) is 11.3 Å². The zero-order valence-corrected chi connectivity index (χ0v) is 13.0. The first-order valence-corrected chi connectivity index (χ1v) is 8.17. The van der Waals surface area contributed by atoms with Gasteiger partial charge in [0.1, 0.15) is 0 Å². The highest BCUT2D eigenvalue weighted by atomic mass is 32.2. The van der Waals surface area contributed by atoms with E-state index in [1.165, 1.54) is 18.9 Å². The Balaban J connectivity index is 2.00. The van der Waals surface area contributed by atoms with Crippen molar-refractivity contribution in [3.63, 3.8) is 0 Å². The zero-order valence-electron chi connectivity index (χ0n) is 12.2. The summed E-state index contributed by atoms with van der Waals surface area (Å²) < 4.78 is 1.88. The fourth-order valence-electron chi connectivity index (χ4n) is 2.59. The second-order valence-corrected chi connectivity index (χ2v) is 6.44. The largest absolute Gasteiger partial charge is 0.481 e. The third kappa shape index (κ3) is 5.17. The van der Waals surface area contributed by atoms with Gasteiger partial charge in [0.25, 0.3) is 5.56 Å². The van der Waals surface area contributed by atoms with Crippen molar-refractivity contribution < 1.29 is 9.90 Å². The van der Waals surface area contributed by atoms with Crippen LogP contribution in [0.25, 0.3) is 0 Å². The first kappa shape index (κ1) is 16.0. The summed E-state index contributed by atoms with van der Waals surface area (Å²) in [5, 5.41) is 9.25. The summed E-state index contributed by atoms with van der Waals surface area (Å²) in [7, 11) is 0. The number of likely N-dealkylation sites (tertiary alicyclic amines) is 1. The van der Waals surface area contributed by atoms with Gasteiger partial charge in [0.05, 0.1) is 5.75 Å². The van der Waals surface area contributed by atoms with E-state index in [0.717, 1.165) is 37.9 Å². The second kappa shape index (κ2) is 7.61. The summed E-state index contributed by atoms with van der Waals surface area (Å²) >= 11 is 1.09. The van der Waals surface area contributed by atoms with Crippen molar-refractivity contribution in [3.8, 4) is 0 Å². The van der Waals surface area contributed by atoms with Gasteiger partial charge in [0.15, 0.2) is 5.16 Å². The molecule has 1 atom stereocenters. The molecular weight excluding hydrogens is 290 g/mol. The molecule has 6 nitrogen and oxygen atoms in total. The fraction of sp³-hybridized carbons (Fsp3) is 0.643. The minimum Gasteiger partial charge on any atom is -0.481 e. The number of carboxylic acid groups (broad SMARTS) is 1. The van der Waals surface area contributed by atoms with Crippen LogP contribution in [-0.2, 0) is 11.3 Å². The van der Waals surface area contributed by atoms with E-state index in [2.05, 4.69) is 16.8 Å². The highest BCUT2D eigenvalue weighted by Gasteiger charge is 2.16. The normalized spacial score (nSPS) is 17.0. The van der Waals surface area contributed by atoms with Gasteiger partial charge in [-0.15, -0.1) is 0 Å². The van der Waals surface area contributed by atoms with E-state index in [1.54, 1.807) is 6.20 Å². The Morgan fingerprint density at radius 3 is 2.81 bits per heavy atom. The molecule has 0 amide bonds. The number of aromatic nitrogens is 2. The molecule has 0 radical (unpaired) electrons. The maximum absolute atomic E-state index is 11.4. The average Bonchev–Trinajstić information content (AvgIpc) is 2.91. The smallest absolute Gasteiger partial charge is 0.313 e. The van der Waals surface area contributed by atoms with Crippen LogP contribution in [-0.4, -0.2) is 50.9 Å². The van der Waals surface area contributed by atoms with Crippen LogP contribution >= 0.6 is 11.8 Å². The lowest BCUT2D eigenvalue weighted by atomic mass is 10.1. The lowest BCUT2D eigenvalue weighted by Crippen LogP contribution is -2.28. The third-order valence-electron chi connectivity index (χ3n) is 3.45. The Hall–Kier alpha value is -1.34. The van der Waals surface area contributed by atoms with Gasteiger partial charge in [-0.2, -0.15) is 4.98 Å². The molecule has 0 aliphatic carbocycles. The van der Waals surface area contributed by atoms with Gasteiger partial charge in [-0.05, 0) is 31.8 Å². The molecule has 1 aliphatic rings. The zero-order chi connectivity index (χ0) is 15.2. The van der Waals surface area contributed by atoms with Crippen LogP contribution in [0, 0.1) is 5.92 Å². The number of aliphatic carboxylic acids is 1. The first-order chi connectivity index (χ1) is 10.0. The quantitative estimate of drug-likeness (QED) is 0.601. The molecule has 1 N–H and O–H groups in total. The van der Waals surface area contributed by atoms with Crippen molar-refractivity contribution >= 4 is 17.7 Å². The van der Waals surface area contributed by atoms with Crippen molar-refractivity contribution in [1.29, 1.82) is 0 Å². The van der Waals surface area contributed by atoms with Crippen LogP contribution in [0.2, 0.25) is 0 Å². The molecule has 0 aromatic carbocycles. The summed E-state index contributed by atoms with van der Waals surface area (Å²) in [4.78, 5) is 28.4. The molecule has 2 heterocycles. The predicted octanol–water partition coefficient (Wildman–Crippen LogP) is 1.15. The number of nitrogens with zero attached hydrogens (tertiary/aromatic N) is 3. The van der Waals surface area contributed by atoms with E-state index < -0.39 is 5.97 Å². The molecule has 2 rings (SSSR count). The minimum atomic E-state index is -0.908. The van der Waals surface area contributed by atoms with Gasteiger partial charge in [-0.3, -0.25) is 9.59 Å². The van der Waals surface area contributed by atoms with E-state index in [1.807, 2.05) is 4.57 Å². The van der Waals surface area contributed by atoms with Crippen LogP contribution < -0.4 is 5.56 Å². The van der Waals surface area contributed by atoms with Gasteiger partial charge < -0.3 is 14.6 Å². The Morgan fingerprint density at radius 1 is 1.43 bits per heavy atom. The molecule has 1 fully saturated rings. The van der Waals surface area contributed by atoms with E-state index >= 15 is 0 Å². The second-order valence-electron chi connectivity index (χ2n) is 5.50. The number of hydrogen-bond donors (Lipinski definition) is 1. The van der Waals surface area contributed by atoms with Gasteiger partial charge in [-0.25, -0.2) is 0 Å². The number of carbonyl (C=O) groups is 1. The van der Waals surface area contributed by atoms with E-state index in [4.69, 9.17) is 5.11 Å². The van der Waals surface area contributed by atoms with Crippen LogP contribution in [0.5, 0.6) is 0 Å². The van der Waals surface area contributed by atoms with Crippen molar-refractivity contribution in [1.82, 2.24) is 14.5 Å². The fourth-order valence-corrected chi connectivity index (χ4v) is 3.30. The monoisotopic (exact) mass is 311 g/mol. The van der Waals surface area contributed by atoms with Crippen LogP contribution in [0.15, 0.2) is 22.2 Å². The highest BCUT2D eigenvalue weighted by Crippen LogP contribution is 2.16. The van der Waals surface area contributed by atoms with Crippen molar-refractivity contribution in [3.05, 3.63) is 22.6 Å². The molecule has 1 aromatic rings. The highest BCUT2D eigenvalue weighted by molar-refractivity contribution is 7.99.